The minimum atomic E-state index is -0.866. The van der Waals surface area contributed by atoms with Gasteiger partial charge < -0.3 is 20.7 Å². The van der Waals surface area contributed by atoms with Crippen molar-refractivity contribution in [3.8, 4) is 5.75 Å². The van der Waals surface area contributed by atoms with Crippen LogP contribution in [-0.4, -0.2) is 31.0 Å². The number of nitrogens with two attached hydrogens (primary N) is 1. The third kappa shape index (κ3) is 3.81. The van der Waals surface area contributed by atoms with Crippen LogP contribution in [0.25, 0.3) is 0 Å². The summed E-state index contributed by atoms with van der Waals surface area (Å²) in [5.41, 5.74) is 6.91. The summed E-state index contributed by atoms with van der Waals surface area (Å²) in [5, 5.41) is 3.82. The Morgan fingerprint density at radius 3 is 2.69 bits per heavy atom. The zero-order valence-electron chi connectivity index (χ0n) is 14.3. The summed E-state index contributed by atoms with van der Waals surface area (Å²) >= 11 is 6.20. The number of nitrogens with one attached hydrogen (secondary N) is 1. The Morgan fingerprint density at radius 1 is 1.27 bits per heavy atom. The molecule has 0 radical (unpaired) electrons. The van der Waals surface area contributed by atoms with E-state index in [9.17, 15) is 9.59 Å². The molecule has 0 aliphatic carbocycles. The highest BCUT2D eigenvalue weighted by atomic mass is 35.5. The Kier molecular flexibility index (Phi) is 5.44. The molecule has 2 amide bonds. The van der Waals surface area contributed by atoms with Gasteiger partial charge in [0.25, 0.3) is 5.91 Å². The summed E-state index contributed by atoms with van der Waals surface area (Å²) in [5.74, 6) is -0.310. The van der Waals surface area contributed by atoms with Gasteiger partial charge in [0, 0.05) is 11.1 Å². The number of hydrogen-bond donors (Lipinski definition) is 2. The number of anilines is 1. The van der Waals surface area contributed by atoms with E-state index in [2.05, 4.69) is 5.32 Å². The molecule has 0 spiro atoms. The first-order valence-corrected chi connectivity index (χ1v) is 8.68. The lowest BCUT2D eigenvalue weighted by Gasteiger charge is -2.33. The van der Waals surface area contributed by atoms with Crippen molar-refractivity contribution in [2.45, 2.75) is 19.1 Å². The summed E-state index contributed by atoms with van der Waals surface area (Å²) in [6, 6.07) is 14.5. The quantitative estimate of drug-likeness (QED) is 0.842. The fraction of sp³-hybridized carbons (Fsp3) is 0.263. The SMILES string of the molecule is C[C@@H](NCC(=O)N1C[C@@H](C(N)=O)Oc2ccccc21)c1ccccc1Cl. The van der Waals surface area contributed by atoms with E-state index in [0.29, 0.717) is 16.5 Å². The van der Waals surface area contributed by atoms with Crippen LogP contribution >= 0.6 is 11.6 Å². The van der Waals surface area contributed by atoms with Crippen LogP contribution in [0.4, 0.5) is 5.69 Å². The predicted octanol–water partition coefficient (Wildman–Crippen LogP) is 2.27. The fourth-order valence-electron chi connectivity index (χ4n) is 2.89. The van der Waals surface area contributed by atoms with Gasteiger partial charge >= 0.3 is 0 Å². The van der Waals surface area contributed by atoms with Gasteiger partial charge in [-0.15, -0.1) is 0 Å². The van der Waals surface area contributed by atoms with Gasteiger partial charge in [-0.3, -0.25) is 9.59 Å². The minimum absolute atomic E-state index is 0.0895. The molecule has 3 rings (SSSR count). The maximum atomic E-state index is 12.8. The number of nitrogens with zero attached hydrogens (tertiary/aromatic N) is 1. The summed E-state index contributed by atoms with van der Waals surface area (Å²) in [6.45, 7) is 2.12. The van der Waals surface area contributed by atoms with Crippen LogP contribution in [-0.2, 0) is 9.59 Å². The first kappa shape index (κ1) is 18.2. The van der Waals surface area contributed by atoms with Crippen LogP contribution in [0.1, 0.15) is 18.5 Å². The molecule has 6 nitrogen and oxygen atoms in total. The molecule has 2 atom stereocenters. The normalized spacial score (nSPS) is 17.2. The van der Waals surface area contributed by atoms with Gasteiger partial charge in [0.1, 0.15) is 5.75 Å². The molecule has 0 unspecified atom stereocenters. The minimum Gasteiger partial charge on any atom is -0.477 e. The van der Waals surface area contributed by atoms with Crippen LogP contribution in [0.15, 0.2) is 48.5 Å². The molecule has 1 aliphatic rings. The van der Waals surface area contributed by atoms with E-state index in [1.54, 1.807) is 18.2 Å². The Morgan fingerprint density at radius 2 is 1.96 bits per heavy atom. The van der Waals surface area contributed by atoms with E-state index in [4.69, 9.17) is 22.1 Å². The van der Waals surface area contributed by atoms with E-state index >= 15 is 0 Å². The number of benzene rings is 2. The Hall–Kier alpha value is -2.57. The van der Waals surface area contributed by atoms with Crippen LogP contribution in [0.2, 0.25) is 5.02 Å². The molecule has 1 heterocycles. The van der Waals surface area contributed by atoms with Crippen molar-refractivity contribution < 1.29 is 14.3 Å². The van der Waals surface area contributed by atoms with Crippen molar-refractivity contribution in [2.75, 3.05) is 18.0 Å². The lowest BCUT2D eigenvalue weighted by Crippen LogP contribution is -2.51. The van der Waals surface area contributed by atoms with Gasteiger partial charge in [-0.1, -0.05) is 41.9 Å². The molecule has 136 valence electrons. The number of fused-ring (bicyclic) bond motifs is 1. The summed E-state index contributed by atoms with van der Waals surface area (Å²) in [6.07, 6.45) is -0.866. The number of rotatable bonds is 5. The van der Waals surface area contributed by atoms with Crippen molar-refractivity contribution in [3.63, 3.8) is 0 Å². The molecule has 0 fully saturated rings. The predicted molar refractivity (Wildman–Crippen MR) is 100 cm³/mol. The summed E-state index contributed by atoms with van der Waals surface area (Å²) in [7, 11) is 0. The molecule has 26 heavy (non-hydrogen) atoms. The second-order valence-corrected chi connectivity index (χ2v) is 6.51. The molecular weight excluding hydrogens is 354 g/mol. The highest BCUT2D eigenvalue weighted by molar-refractivity contribution is 6.31. The maximum Gasteiger partial charge on any atom is 0.260 e. The molecule has 2 aromatic rings. The standard InChI is InChI=1S/C19H20ClN3O3/c1-12(13-6-2-3-7-14(13)20)22-10-18(24)23-11-17(19(21)25)26-16-9-5-4-8-15(16)23/h2-9,12,17,22H,10-11H2,1H3,(H2,21,25)/t12-,17+/m1/s1. The topological polar surface area (TPSA) is 84.7 Å². The highest BCUT2D eigenvalue weighted by Gasteiger charge is 2.32. The van der Waals surface area contributed by atoms with Crippen LogP contribution in [0.3, 0.4) is 0 Å². The van der Waals surface area contributed by atoms with Crippen LogP contribution < -0.4 is 20.7 Å². The number of carbonyl (C=O) groups excluding carboxylic acids is 2. The average molecular weight is 374 g/mol. The van der Waals surface area contributed by atoms with Crippen LogP contribution in [0.5, 0.6) is 5.75 Å². The fourth-order valence-corrected chi connectivity index (χ4v) is 3.19. The van der Waals surface area contributed by atoms with E-state index in [1.807, 2.05) is 37.3 Å². The van der Waals surface area contributed by atoms with Crippen LogP contribution in [0, 0.1) is 0 Å². The third-order valence-electron chi connectivity index (χ3n) is 4.32. The van der Waals surface area contributed by atoms with E-state index < -0.39 is 12.0 Å². The number of para-hydroxylation sites is 2. The lowest BCUT2D eigenvalue weighted by molar-refractivity contribution is -0.125. The molecule has 0 bridgehead atoms. The number of ether oxygens (including phenoxy) is 1. The van der Waals surface area contributed by atoms with Crippen molar-refractivity contribution in [2.24, 2.45) is 5.73 Å². The number of primary amides is 1. The second-order valence-electron chi connectivity index (χ2n) is 6.11. The summed E-state index contributed by atoms with van der Waals surface area (Å²) < 4.78 is 5.58. The molecule has 2 aromatic carbocycles. The first-order valence-electron chi connectivity index (χ1n) is 8.30. The van der Waals surface area contributed by atoms with Gasteiger partial charge in [-0.25, -0.2) is 0 Å². The monoisotopic (exact) mass is 373 g/mol. The maximum absolute atomic E-state index is 12.8. The molecule has 0 saturated carbocycles. The highest BCUT2D eigenvalue weighted by Crippen LogP contribution is 2.33. The molecule has 0 aromatic heterocycles. The molecule has 1 aliphatic heterocycles. The zero-order chi connectivity index (χ0) is 18.7. The summed E-state index contributed by atoms with van der Waals surface area (Å²) in [4.78, 5) is 25.9. The number of hydrogen-bond acceptors (Lipinski definition) is 4. The third-order valence-corrected chi connectivity index (χ3v) is 4.67. The number of carbonyl (C=O) groups is 2. The Labute approximate surface area is 156 Å². The molecule has 0 saturated heterocycles. The average Bonchev–Trinajstić information content (AvgIpc) is 2.65. The van der Waals surface area contributed by atoms with Gasteiger partial charge in [0.2, 0.25) is 5.91 Å². The van der Waals surface area contributed by atoms with E-state index in [-0.39, 0.29) is 25.0 Å². The van der Waals surface area contributed by atoms with Gasteiger partial charge in [0.15, 0.2) is 6.10 Å². The first-order chi connectivity index (χ1) is 12.5. The largest absolute Gasteiger partial charge is 0.477 e. The zero-order valence-corrected chi connectivity index (χ0v) is 15.1. The molecule has 3 N–H and O–H groups in total. The Bertz CT molecular complexity index is 827. The van der Waals surface area contributed by atoms with Crippen molar-refractivity contribution in [3.05, 3.63) is 59.1 Å². The van der Waals surface area contributed by atoms with E-state index in [0.717, 1.165) is 5.56 Å². The van der Waals surface area contributed by atoms with Crippen molar-refractivity contribution >= 4 is 29.1 Å². The van der Waals surface area contributed by atoms with Crippen molar-refractivity contribution in [1.82, 2.24) is 5.32 Å². The van der Waals surface area contributed by atoms with Gasteiger partial charge in [-0.05, 0) is 30.7 Å². The smallest absolute Gasteiger partial charge is 0.260 e. The van der Waals surface area contributed by atoms with Gasteiger partial charge in [-0.2, -0.15) is 0 Å². The molecule has 7 heteroatoms. The van der Waals surface area contributed by atoms with Gasteiger partial charge in [0.05, 0.1) is 18.8 Å². The van der Waals surface area contributed by atoms with Crippen molar-refractivity contribution in [1.29, 1.82) is 0 Å². The van der Waals surface area contributed by atoms with E-state index in [1.165, 1.54) is 4.90 Å². The molecular formula is C19H20ClN3O3. The number of halogens is 1. The number of amides is 2. The Balaban J connectivity index is 1.73. The second kappa shape index (κ2) is 7.76. The lowest BCUT2D eigenvalue weighted by atomic mass is 10.1.